The number of amides is 1. The Morgan fingerprint density at radius 3 is 2.50 bits per heavy atom. The molecular formula is C16H18F3N3O2. The molecule has 2 aromatic rings. The lowest BCUT2D eigenvalue weighted by molar-refractivity contribution is -0.270. The van der Waals surface area contributed by atoms with Crippen molar-refractivity contribution in [2.75, 3.05) is 5.32 Å². The van der Waals surface area contributed by atoms with E-state index in [9.17, 15) is 23.1 Å². The Bertz CT molecular complexity index is 755. The van der Waals surface area contributed by atoms with Crippen LogP contribution in [0, 0.1) is 13.8 Å². The first kappa shape index (κ1) is 18.0. The average molecular weight is 341 g/mol. The average Bonchev–Trinajstić information content (AvgIpc) is 2.87. The van der Waals surface area contributed by atoms with Gasteiger partial charge >= 0.3 is 6.18 Å². The lowest BCUT2D eigenvalue weighted by Gasteiger charge is -2.29. The van der Waals surface area contributed by atoms with Gasteiger partial charge in [-0.1, -0.05) is 17.7 Å². The van der Waals surface area contributed by atoms with Gasteiger partial charge in [-0.3, -0.25) is 4.79 Å². The number of rotatable bonds is 4. The van der Waals surface area contributed by atoms with Gasteiger partial charge in [0.25, 0.3) is 0 Å². The summed E-state index contributed by atoms with van der Waals surface area (Å²) < 4.78 is 41.2. The molecular weight excluding hydrogens is 323 g/mol. The van der Waals surface area contributed by atoms with Crippen molar-refractivity contribution < 1.29 is 23.1 Å². The molecule has 0 saturated heterocycles. The number of benzene rings is 1. The molecule has 2 rings (SSSR count). The van der Waals surface area contributed by atoms with Crippen LogP contribution >= 0.6 is 0 Å². The number of nitrogens with zero attached hydrogens (tertiary/aromatic N) is 2. The van der Waals surface area contributed by atoms with Crippen LogP contribution < -0.4 is 5.32 Å². The first-order chi connectivity index (χ1) is 11.0. The Morgan fingerprint density at radius 2 is 2.00 bits per heavy atom. The highest BCUT2D eigenvalue weighted by Gasteiger charge is 2.58. The molecule has 0 aliphatic rings. The Hall–Kier alpha value is -2.35. The topological polar surface area (TPSA) is 67.2 Å². The highest BCUT2D eigenvalue weighted by Crippen LogP contribution is 2.40. The summed E-state index contributed by atoms with van der Waals surface area (Å²) in [6.45, 7) is 3.60. The fourth-order valence-electron chi connectivity index (χ4n) is 2.45. The minimum Gasteiger partial charge on any atom is -0.374 e. The zero-order valence-electron chi connectivity index (χ0n) is 13.5. The summed E-state index contributed by atoms with van der Waals surface area (Å²) >= 11 is 0. The van der Waals surface area contributed by atoms with Crippen LogP contribution in [-0.4, -0.2) is 26.7 Å². The SMILES string of the molecule is Cc1ccc(NC(=O)CC(O)(c2nccn2C)C(F)(F)F)c(C)c1. The fraction of sp³-hybridized carbons (Fsp3) is 0.375. The smallest absolute Gasteiger partial charge is 0.374 e. The van der Waals surface area contributed by atoms with Crippen molar-refractivity contribution in [3.63, 3.8) is 0 Å². The van der Waals surface area contributed by atoms with E-state index in [1.165, 1.54) is 13.2 Å². The maximum atomic E-state index is 13.4. The van der Waals surface area contributed by atoms with Crippen molar-refractivity contribution in [3.8, 4) is 0 Å². The molecule has 0 fully saturated rings. The number of hydrogen-bond donors (Lipinski definition) is 2. The molecule has 1 unspecified atom stereocenters. The van der Waals surface area contributed by atoms with Crippen molar-refractivity contribution in [2.24, 2.45) is 7.05 Å². The van der Waals surface area contributed by atoms with Crippen molar-refractivity contribution >= 4 is 11.6 Å². The van der Waals surface area contributed by atoms with Gasteiger partial charge in [-0.15, -0.1) is 0 Å². The lowest BCUT2D eigenvalue weighted by atomic mass is 9.97. The summed E-state index contributed by atoms with van der Waals surface area (Å²) in [6, 6.07) is 5.14. The van der Waals surface area contributed by atoms with E-state index in [0.717, 1.165) is 21.9 Å². The largest absolute Gasteiger partial charge is 0.425 e. The summed E-state index contributed by atoms with van der Waals surface area (Å²) in [7, 11) is 1.32. The third kappa shape index (κ3) is 3.43. The number of carbonyl (C=O) groups is 1. The van der Waals surface area contributed by atoms with Crippen LogP contribution in [0.5, 0.6) is 0 Å². The van der Waals surface area contributed by atoms with E-state index in [1.54, 1.807) is 25.1 Å². The Kier molecular flexibility index (Phi) is 4.70. The molecule has 0 aliphatic heterocycles. The van der Waals surface area contributed by atoms with Gasteiger partial charge in [0.2, 0.25) is 11.5 Å². The molecule has 0 bridgehead atoms. The van der Waals surface area contributed by atoms with Crippen LogP contribution in [0.25, 0.3) is 0 Å². The van der Waals surface area contributed by atoms with Crippen LogP contribution in [0.2, 0.25) is 0 Å². The molecule has 8 heteroatoms. The zero-order valence-corrected chi connectivity index (χ0v) is 13.5. The summed E-state index contributed by atoms with van der Waals surface area (Å²) in [5, 5.41) is 12.6. The molecule has 130 valence electrons. The molecule has 1 aromatic carbocycles. The van der Waals surface area contributed by atoms with Crippen molar-refractivity contribution in [1.82, 2.24) is 9.55 Å². The van der Waals surface area contributed by atoms with Gasteiger partial charge < -0.3 is 15.0 Å². The number of aryl methyl sites for hydroxylation is 3. The molecule has 0 aliphatic carbocycles. The maximum Gasteiger partial charge on any atom is 0.425 e. The quantitative estimate of drug-likeness (QED) is 0.899. The van der Waals surface area contributed by atoms with Crippen molar-refractivity contribution in [1.29, 1.82) is 0 Å². The minimum absolute atomic E-state index is 0.398. The molecule has 0 radical (unpaired) electrons. The summed E-state index contributed by atoms with van der Waals surface area (Å²) in [4.78, 5) is 15.7. The Morgan fingerprint density at radius 1 is 1.33 bits per heavy atom. The third-order valence-electron chi connectivity index (χ3n) is 3.73. The molecule has 24 heavy (non-hydrogen) atoms. The predicted molar refractivity (Wildman–Crippen MR) is 82.3 cm³/mol. The van der Waals surface area contributed by atoms with Crippen LogP contribution in [0.1, 0.15) is 23.4 Å². The van der Waals surface area contributed by atoms with E-state index in [-0.39, 0.29) is 0 Å². The zero-order chi connectivity index (χ0) is 18.1. The normalized spacial score (nSPS) is 14.3. The van der Waals surface area contributed by atoms with E-state index >= 15 is 0 Å². The summed E-state index contributed by atoms with van der Waals surface area (Å²) in [5.41, 5.74) is -1.29. The number of hydrogen-bond acceptors (Lipinski definition) is 3. The molecule has 0 spiro atoms. The number of alkyl halides is 3. The Balaban J connectivity index is 2.27. The van der Waals surface area contributed by atoms with Gasteiger partial charge in [0.1, 0.15) is 0 Å². The second-order valence-electron chi connectivity index (χ2n) is 5.76. The lowest BCUT2D eigenvalue weighted by Crippen LogP contribution is -2.46. The number of aliphatic hydroxyl groups is 1. The van der Waals surface area contributed by atoms with Gasteiger partial charge in [0.05, 0.1) is 6.42 Å². The van der Waals surface area contributed by atoms with E-state index in [4.69, 9.17) is 0 Å². The van der Waals surface area contributed by atoms with Crippen LogP contribution in [0.15, 0.2) is 30.6 Å². The summed E-state index contributed by atoms with van der Waals surface area (Å²) in [5.74, 6) is -1.59. The molecule has 1 aromatic heterocycles. The maximum absolute atomic E-state index is 13.4. The number of anilines is 1. The molecule has 1 heterocycles. The number of nitrogens with one attached hydrogen (secondary N) is 1. The van der Waals surface area contributed by atoms with Gasteiger partial charge in [0, 0.05) is 25.1 Å². The van der Waals surface area contributed by atoms with Crippen LogP contribution in [0.3, 0.4) is 0 Å². The van der Waals surface area contributed by atoms with Crippen LogP contribution in [0.4, 0.5) is 18.9 Å². The van der Waals surface area contributed by atoms with Gasteiger partial charge in [-0.05, 0) is 25.5 Å². The number of imidazole rings is 1. The molecule has 1 amide bonds. The highest BCUT2D eigenvalue weighted by atomic mass is 19.4. The summed E-state index contributed by atoms with van der Waals surface area (Å²) in [6.07, 6.45) is -3.83. The molecule has 5 nitrogen and oxygen atoms in total. The standard InChI is InChI=1S/C16H18F3N3O2/c1-10-4-5-12(11(2)8-10)21-13(23)9-15(24,16(17,18)19)14-20-6-7-22(14)3/h4-8,24H,9H2,1-3H3,(H,21,23). The first-order valence-electron chi connectivity index (χ1n) is 7.18. The van der Waals surface area contributed by atoms with E-state index in [2.05, 4.69) is 10.3 Å². The number of halogens is 3. The third-order valence-corrected chi connectivity index (χ3v) is 3.73. The number of carbonyl (C=O) groups excluding carboxylic acids is 1. The van der Waals surface area contributed by atoms with Gasteiger partial charge in [-0.2, -0.15) is 13.2 Å². The molecule has 2 N–H and O–H groups in total. The fourth-order valence-corrected chi connectivity index (χ4v) is 2.45. The molecule has 1 atom stereocenters. The predicted octanol–water partition coefficient (Wildman–Crippen LogP) is 2.82. The van der Waals surface area contributed by atoms with E-state index < -0.39 is 29.9 Å². The molecule has 0 saturated carbocycles. The van der Waals surface area contributed by atoms with Crippen molar-refractivity contribution in [3.05, 3.63) is 47.5 Å². The van der Waals surface area contributed by atoms with E-state index in [0.29, 0.717) is 5.69 Å². The Labute approximate surface area is 137 Å². The monoisotopic (exact) mass is 341 g/mol. The highest BCUT2D eigenvalue weighted by molar-refractivity contribution is 5.92. The van der Waals surface area contributed by atoms with Crippen molar-refractivity contribution in [2.45, 2.75) is 32.0 Å². The van der Waals surface area contributed by atoms with E-state index in [1.807, 2.05) is 6.92 Å². The first-order valence-corrected chi connectivity index (χ1v) is 7.18. The second-order valence-corrected chi connectivity index (χ2v) is 5.76. The van der Waals surface area contributed by atoms with Gasteiger partial charge in [0.15, 0.2) is 5.82 Å². The van der Waals surface area contributed by atoms with Crippen LogP contribution in [-0.2, 0) is 17.4 Å². The second kappa shape index (κ2) is 6.27. The number of aromatic nitrogens is 2. The minimum atomic E-state index is -5.05. The van der Waals surface area contributed by atoms with Gasteiger partial charge in [-0.25, -0.2) is 4.98 Å².